The van der Waals surface area contributed by atoms with Crippen molar-refractivity contribution >= 4 is 23.5 Å². The minimum Gasteiger partial charge on any atom is -0.484 e. The Kier molecular flexibility index (Phi) is 4.78. The summed E-state index contributed by atoms with van der Waals surface area (Å²) >= 11 is 5.87. The molecule has 104 valence electrons. The maximum Gasteiger partial charge on any atom is 0.328 e. The molecule has 0 fully saturated rings. The number of amides is 1. The molecule has 0 bridgehead atoms. The van der Waals surface area contributed by atoms with Crippen LogP contribution in [-0.4, -0.2) is 29.1 Å². The molecule has 0 aliphatic carbocycles. The molecule has 0 unspecified atom stereocenters. The third kappa shape index (κ3) is 4.44. The molecule has 19 heavy (non-hydrogen) atoms. The van der Waals surface area contributed by atoms with Crippen LogP contribution in [0.25, 0.3) is 0 Å². The fraction of sp³-hybridized carbons (Fsp3) is 0.385. The van der Waals surface area contributed by atoms with Gasteiger partial charge in [-0.15, -0.1) is 0 Å². The molecule has 1 aromatic rings. The first-order valence-corrected chi connectivity index (χ1v) is 6.03. The van der Waals surface area contributed by atoms with Gasteiger partial charge in [0.15, 0.2) is 6.61 Å². The van der Waals surface area contributed by atoms with Crippen molar-refractivity contribution in [2.45, 2.75) is 26.3 Å². The number of carboxylic acid groups (broad SMARTS) is 1. The number of aliphatic carboxylic acids is 1. The van der Waals surface area contributed by atoms with Crippen molar-refractivity contribution in [2.75, 3.05) is 6.61 Å². The Labute approximate surface area is 116 Å². The summed E-state index contributed by atoms with van der Waals surface area (Å²) < 4.78 is 5.27. The van der Waals surface area contributed by atoms with Gasteiger partial charge in [-0.2, -0.15) is 0 Å². The lowest BCUT2D eigenvalue weighted by Gasteiger charge is -2.20. The van der Waals surface area contributed by atoms with Crippen LogP contribution in [-0.2, 0) is 9.59 Å². The van der Waals surface area contributed by atoms with Crippen LogP contribution in [0.3, 0.4) is 0 Å². The second-order valence-electron chi connectivity index (χ2n) is 4.68. The molecule has 1 rings (SSSR count). The van der Waals surface area contributed by atoms with E-state index in [4.69, 9.17) is 21.4 Å². The summed E-state index contributed by atoms with van der Waals surface area (Å²) in [6.07, 6.45) is 0. The summed E-state index contributed by atoms with van der Waals surface area (Å²) in [5.74, 6) is -1.10. The molecule has 0 heterocycles. The molecular formula is C13H16ClNO4. The van der Waals surface area contributed by atoms with Crippen molar-refractivity contribution in [1.82, 2.24) is 5.32 Å². The Morgan fingerprint density at radius 3 is 2.58 bits per heavy atom. The molecule has 0 saturated heterocycles. The summed E-state index contributed by atoms with van der Waals surface area (Å²) in [5.41, 5.74) is -0.485. The quantitative estimate of drug-likeness (QED) is 0.868. The van der Waals surface area contributed by atoms with Gasteiger partial charge < -0.3 is 15.2 Å². The molecule has 5 nitrogen and oxygen atoms in total. The number of halogens is 1. The van der Waals surface area contributed by atoms with Crippen molar-refractivity contribution < 1.29 is 19.4 Å². The van der Waals surface area contributed by atoms with Crippen LogP contribution in [0.5, 0.6) is 5.75 Å². The Morgan fingerprint density at radius 1 is 1.42 bits per heavy atom. The van der Waals surface area contributed by atoms with E-state index < -0.39 is 17.4 Å². The van der Waals surface area contributed by atoms with Crippen molar-refractivity contribution in [3.63, 3.8) is 0 Å². The van der Waals surface area contributed by atoms with E-state index in [0.717, 1.165) is 5.56 Å². The number of carboxylic acids is 1. The molecule has 0 saturated carbocycles. The van der Waals surface area contributed by atoms with E-state index in [9.17, 15) is 9.59 Å². The van der Waals surface area contributed by atoms with Gasteiger partial charge in [0.1, 0.15) is 11.3 Å². The first kappa shape index (κ1) is 15.3. The highest BCUT2D eigenvalue weighted by molar-refractivity contribution is 6.31. The van der Waals surface area contributed by atoms with Gasteiger partial charge in [0.25, 0.3) is 5.91 Å². The van der Waals surface area contributed by atoms with Crippen LogP contribution in [0.1, 0.15) is 19.4 Å². The molecule has 1 amide bonds. The van der Waals surface area contributed by atoms with Crippen LogP contribution in [0.2, 0.25) is 5.02 Å². The fourth-order valence-electron chi connectivity index (χ4n) is 1.29. The number of rotatable bonds is 5. The Morgan fingerprint density at radius 2 is 2.05 bits per heavy atom. The zero-order valence-electron chi connectivity index (χ0n) is 11.0. The lowest BCUT2D eigenvalue weighted by Crippen LogP contribution is -2.51. The lowest BCUT2D eigenvalue weighted by molar-refractivity contribution is -0.146. The highest BCUT2D eigenvalue weighted by atomic mass is 35.5. The van der Waals surface area contributed by atoms with Crippen molar-refractivity contribution in [3.05, 3.63) is 28.8 Å². The Hall–Kier alpha value is -1.75. The van der Waals surface area contributed by atoms with Crippen molar-refractivity contribution in [1.29, 1.82) is 0 Å². The number of carbonyl (C=O) groups excluding carboxylic acids is 1. The van der Waals surface area contributed by atoms with Crippen LogP contribution < -0.4 is 10.1 Å². The molecule has 6 heteroatoms. The van der Waals surface area contributed by atoms with Crippen LogP contribution in [0.15, 0.2) is 18.2 Å². The fourth-order valence-corrected chi connectivity index (χ4v) is 1.41. The van der Waals surface area contributed by atoms with E-state index in [1.54, 1.807) is 18.2 Å². The van der Waals surface area contributed by atoms with Gasteiger partial charge in [-0.25, -0.2) is 4.79 Å². The molecule has 0 spiro atoms. The zero-order valence-corrected chi connectivity index (χ0v) is 11.7. The number of nitrogens with one attached hydrogen (secondary N) is 1. The van der Waals surface area contributed by atoms with Crippen LogP contribution in [0.4, 0.5) is 0 Å². The normalized spacial score (nSPS) is 10.9. The third-order valence-corrected chi connectivity index (χ3v) is 2.91. The lowest BCUT2D eigenvalue weighted by atomic mass is 10.1. The van der Waals surface area contributed by atoms with Gasteiger partial charge in [-0.3, -0.25) is 4.79 Å². The van der Waals surface area contributed by atoms with Crippen molar-refractivity contribution in [2.24, 2.45) is 0 Å². The van der Waals surface area contributed by atoms with Gasteiger partial charge in [-0.05, 0) is 44.5 Å². The first-order valence-electron chi connectivity index (χ1n) is 5.66. The summed E-state index contributed by atoms with van der Waals surface area (Å²) in [4.78, 5) is 22.4. The molecular weight excluding hydrogens is 270 g/mol. The summed E-state index contributed by atoms with van der Waals surface area (Å²) in [6.45, 7) is 4.37. The number of hydrogen-bond acceptors (Lipinski definition) is 3. The molecule has 0 aliphatic rings. The molecule has 0 atom stereocenters. The monoisotopic (exact) mass is 285 g/mol. The second kappa shape index (κ2) is 5.93. The molecule has 0 aliphatic heterocycles. The van der Waals surface area contributed by atoms with Gasteiger partial charge in [0.2, 0.25) is 0 Å². The van der Waals surface area contributed by atoms with E-state index in [1.165, 1.54) is 13.8 Å². The average molecular weight is 286 g/mol. The summed E-state index contributed by atoms with van der Waals surface area (Å²) in [6, 6.07) is 5.02. The maximum atomic E-state index is 11.6. The number of ether oxygens (including phenoxy) is 1. The van der Waals surface area contributed by atoms with Gasteiger partial charge in [-0.1, -0.05) is 11.6 Å². The van der Waals surface area contributed by atoms with E-state index in [2.05, 4.69) is 5.32 Å². The summed E-state index contributed by atoms with van der Waals surface area (Å²) in [7, 11) is 0. The minimum atomic E-state index is -1.32. The van der Waals surface area contributed by atoms with Crippen LogP contribution >= 0.6 is 11.6 Å². The largest absolute Gasteiger partial charge is 0.484 e. The molecule has 2 N–H and O–H groups in total. The topological polar surface area (TPSA) is 75.6 Å². The molecule has 0 radical (unpaired) electrons. The third-order valence-electron chi connectivity index (χ3n) is 2.49. The van der Waals surface area contributed by atoms with E-state index in [1.807, 2.05) is 6.92 Å². The standard InChI is InChI=1S/C13H16ClNO4/c1-8-6-9(4-5-10(8)14)19-7-11(16)15-13(2,3)12(17)18/h4-6H,7H2,1-3H3,(H,15,16)(H,17,18). The first-order chi connectivity index (χ1) is 8.72. The predicted molar refractivity (Wildman–Crippen MR) is 71.5 cm³/mol. The number of hydrogen-bond donors (Lipinski definition) is 2. The Balaban J connectivity index is 2.55. The van der Waals surface area contributed by atoms with Gasteiger partial charge in [0.05, 0.1) is 0 Å². The number of aryl methyl sites for hydroxylation is 1. The molecule has 0 aromatic heterocycles. The number of carbonyl (C=O) groups is 2. The highest BCUT2D eigenvalue weighted by Crippen LogP contribution is 2.20. The van der Waals surface area contributed by atoms with E-state index >= 15 is 0 Å². The average Bonchev–Trinajstić information content (AvgIpc) is 2.30. The zero-order chi connectivity index (χ0) is 14.6. The number of benzene rings is 1. The van der Waals surface area contributed by atoms with Gasteiger partial charge >= 0.3 is 5.97 Å². The maximum absolute atomic E-state index is 11.6. The van der Waals surface area contributed by atoms with E-state index in [-0.39, 0.29) is 6.61 Å². The minimum absolute atomic E-state index is 0.252. The second-order valence-corrected chi connectivity index (χ2v) is 5.09. The predicted octanol–water partition coefficient (Wildman–Crippen LogP) is 2.01. The smallest absolute Gasteiger partial charge is 0.328 e. The summed E-state index contributed by atoms with van der Waals surface area (Å²) in [5, 5.41) is 11.8. The van der Waals surface area contributed by atoms with Crippen LogP contribution in [0, 0.1) is 6.92 Å². The molecule has 1 aromatic carbocycles. The highest BCUT2D eigenvalue weighted by Gasteiger charge is 2.28. The van der Waals surface area contributed by atoms with E-state index in [0.29, 0.717) is 10.8 Å². The Bertz CT molecular complexity index is 499. The van der Waals surface area contributed by atoms with Crippen molar-refractivity contribution in [3.8, 4) is 5.75 Å². The SMILES string of the molecule is Cc1cc(OCC(=O)NC(C)(C)C(=O)O)ccc1Cl. The van der Waals surface area contributed by atoms with Gasteiger partial charge in [0, 0.05) is 5.02 Å².